The average molecular weight is 318 g/mol. The first-order chi connectivity index (χ1) is 10.5. The maximum Gasteiger partial charge on any atom is 0.244 e. The van der Waals surface area contributed by atoms with E-state index in [0.29, 0.717) is 17.8 Å². The topological polar surface area (TPSA) is 29.1 Å². The fourth-order valence-electron chi connectivity index (χ4n) is 2.31. The second kappa shape index (κ2) is 7.64. The van der Waals surface area contributed by atoms with Crippen LogP contribution in [0.3, 0.4) is 0 Å². The van der Waals surface area contributed by atoms with Crippen LogP contribution in [-0.4, -0.2) is 11.9 Å². The smallest absolute Gasteiger partial charge is 0.244 e. The minimum Gasteiger partial charge on any atom is -0.350 e. The largest absolute Gasteiger partial charge is 0.350 e. The predicted molar refractivity (Wildman–Crippen MR) is 93.0 cm³/mol. The zero-order valence-electron chi connectivity index (χ0n) is 13.4. The fourth-order valence-corrected chi connectivity index (χ4v) is 2.44. The number of carbonyl (C=O) groups excluding carboxylic acids is 1. The molecule has 3 atom stereocenters. The summed E-state index contributed by atoms with van der Waals surface area (Å²) in [4.78, 5) is 11.7. The summed E-state index contributed by atoms with van der Waals surface area (Å²) in [5, 5.41) is 3.73. The SMILES string of the molecule is CC(C)C(C)NC(=O)C=CC=C[C@@H]1C[C@H]1c1ccc(Cl)cc1. The first-order valence-corrected chi connectivity index (χ1v) is 8.26. The number of hydrogen-bond acceptors (Lipinski definition) is 1. The standard InChI is InChI=1S/C19H24ClNO/c1-13(2)14(3)21-19(22)7-5-4-6-16-12-18(16)15-8-10-17(20)11-9-15/h4-11,13-14,16,18H,12H2,1-3H3,(H,21,22)/t14?,16-,18+/m1/s1. The van der Waals surface area contributed by atoms with Gasteiger partial charge in [-0.2, -0.15) is 0 Å². The van der Waals surface area contributed by atoms with Crippen LogP contribution in [0.15, 0.2) is 48.6 Å². The molecule has 1 N–H and O–H groups in total. The molecule has 118 valence electrons. The van der Waals surface area contributed by atoms with Crippen LogP contribution < -0.4 is 5.32 Å². The third-order valence-corrected chi connectivity index (χ3v) is 4.48. The van der Waals surface area contributed by atoms with Gasteiger partial charge in [-0.3, -0.25) is 4.79 Å². The van der Waals surface area contributed by atoms with E-state index in [2.05, 4.69) is 37.4 Å². The summed E-state index contributed by atoms with van der Waals surface area (Å²) in [6.45, 7) is 6.21. The number of hydrogen-bond donors (Lipinski definition) is 1. The molecule has 1 aliphatic rings. The van der Waals surface area contributed by atoms with Gasteiger partial charge in [0.25, 0.3) is 0 Å². The van der Waals surface area contributed by atoms with Crippen LogP contribution >= 0.6 is 11.6 Å². The molecule has 1 aromatic carbocycles. The molecule has 22 heavy (non-hydrogen) atoms. The minimum absolute atomic E-state index is 0.0316. The fraction of sp³-hybridized carbons (Fsp3) is 0.421. The van der Waals surface area contributed by atoms with Crippen molar-refractivity contribution >= 4 is 17.5 Å². The van der Waals surface area contributed by atoms with E-state index in [0.717, 1.165) is 5.02 Å². The van der Waals surface area contributed by atoms with Crippen LogP contribution in [-0.2, 0) is 4.79 Å². The van der Waals surface area contributed by atoms with Crippen LogP contribution in [0.2, 0.25) is 5.02 Å². The average Bonchev–Trinajstić information content (AvgIpc) is 3.24. The van der Waals surface area contributed by atoms with Gasteiger partial charge < -0.3 is 5.32 Å². The Hall–Kier alpha value is -1.54. The van der Waals surface area contributed by atoms with E-state index >= 15 is 0 Å². The molecule has 1 aliphatic carbocycles. The quantitative estimate of drug-likeness (QED) is 0.597. The Morgan fingerprint density at radius 2 is 1.91 bits per heavy atom. The van der Waals surface area contributed by atoms with E-state index in [1.807, 2.05) is 31.2 Å². The summed E-state index contributed by atoms with van der Waals surface area (Å²) in [6.07, 6.45) is 8.73. The number of benzene rings is 1. The van der Waals surface area contributed by atoms with Crippen molar-refractivity contribution in [2.24, 2.45) is 11.8 Å². The minimum atomic E-state index is -0.0316. The highest BCUT2D eigenvalue weighted by Gasteiger charge is 2.35. The third kappa shape index (κ3) is 5.03. The summed E-state index contributed by atoms with van der Waals surface area (Å²) in [6, 6.07) is 8.26. The summed E-state index contributed by atoms with van der Waals surface area (Å²) in [7, 11) is 0. The molecule has 0 saturated heterocycles. The summed E-state index contributed by atoms with van der Waals surface area (Å²) in [5.41, 5.74) is 1.34. The van der Waals surface area contributed by atoms with Crippen molar-refractivity contribution < 1.29 is 4.79 Å². The molecule has 2 nitrogen and oxygen atoms in total. The first kappa shape index (κ1) is 16.8. The normalized spacial score (nSPS) is 22.4. The van der Waals surface area contributed by atoms with Crippen molar-refractivity contribution in [1.82, 2.24) is 5.32 Å². The van der Waals surface area contributed by atoms with E-state index < -0.39 is 0 Å². The molecule has 0 spiro atoms. The number of halogens is 1. The Balaban J connectivity index is 1.76. The maximum atomic E-state index is 11.7. The van der Waals surface area contributed by atoms with Gasteiger partial charge in [-0.25, -0.2) is 0 Å². The van der Waals surface area contributed by atoms with Gasteiger partial charge in [0.2, 0.25) is 5.91 Å². The lowest BCUT2D eigenvalue weighted by molar-refractivity contribution is -0.117. The molecule has 3 heteroatoms. The highest BCUT2D eigenvalue weighted by molar-refractivity contribution is 6.30. The number of nitrogens with one attached hydrogen (secondary N) is 1. The van der Waals surface area contributed by atoms with Gasteiger partial charge in [0, 0.05) is 17.1 Å². The van der Waals surface area contributed by atoms with Gasteiger partial charge in [-0.05, 0) is 48.8 Å². The molecule has 0 aliphatic heterocycles. The zero-order chi connectivity index (χ0) is 16.1. The van der Waals surface area contributed by atoms with E-state index in [4.69, 9.17) is 11.6 Å². The lowest BCUT2D eigenvalue weighted by atomic mass is 10.1. The number of carbonyl (C=O) groups is 1. The molecular weight excluding hydrogens is 294 g/mol. The van der Waals surface area contributed by atoms with Gasteiger partial charge >= 0.3 is 0 Å². The van der Waals surface area contributed by atoms with Crippen LogP contribution in [0.5, 0.6) is 0 Å². The Morgan fingerprint density at radius 1 is 1.23 bits per heavy atom. The van der Waals surface area contributed by atoms with E-state index in [9.17, 15) is 4.79 Å². The van der Waals surface area contributed by atoms with Crippen molar-refractivity contribution in [3.63, 3.8) is 0 Å². The van der Waals surface area contributed by atoms with E-state index in [1.54, 1.807) is 6.08 Å². The molecule has 0 radical (unpaired) electrons. The lowest BCUT2D eigenvalue weighted by Crippen LogP contribution is -2.34. The van der Waals surface area contributed by atoms with Crippen molar-refractivity contribution in [2.75, 3.05) is 0 Å². The summed E-state index contributed by atoms with van der Waals surface area (Å²) >= 11 is 5.90. The second-order valence-corrected chi connectivity index (χ2v) is 6.78. The van der Waals surface area contributed by atoms with Crippen molar-refractivity contribution in [1.29, 1.82) is 0 Å². The van der Waals surface area contributed by atoms with Crippen LogP contribution in [0.4, 0.5) is 0 Å². The Bertz CT molecular complexity index is 559. The van der Waals surface area contributed by atoms with Gasteiger partial charge in [0.15, 0.2) is 0 Å². The molecule has 2 rings (SSSR count). The highest BCUT2D eigenvalue weighted by atomic mass is 35.5. The maximum absolute atomic E-state index is 11.7. The number of rotatable bonds is 6. The monoisotopic (exact) mass is 317 g/mol. The lowest BCUT2D eigenvalue weighted by Gasteiger charge is -2.15. The molecular formula is C19H24ClNO. The molecule has 1 unspecified atom stereocenters. The predicted octanol–water partition coefficient (Wildman–Crippen LogP) is 4.72. The van der Waals surface area contributed by atoms with Gasteiger partial charge in [-0.15, -0.1) is 0 Å². The van der Waals surface area contributed by atoms with Gasteiger partial charge in [-0.1, -0.05) is 55.8 Å². The third-order valence-electron chi connectivity index (χ3n) is 4.22. The Morgan fingerprint density at radius 3 is 2.55 bits per heavy atom. The van der Waals surface area contributed by atoms with Gasteiger partial charge in [0.05, 0.1) is 0 Å². The Kier molecular flexibility index (Phi) is 5.84. The molecule has 1 fully saturated rings. The first-order valence-electron chi connectivity index (χ1n) is 7.88. The van der Waals surface area contributed by atoms with Crippen molar-refractivity contribution in [3.05, 3.63) is 59.2 Å². The van der Waals surface area contributed by atoms with E-state index in [1.165, 1.54) is 12.0 Å². The van der Waals surface area contributed by atoms with Crippen LogP contribution in [0.25, 0.3) is 0 Å². The van der Waals surface area contributed by atoms with Crippen molar-refractivity contribution in [2.45, 2.75) is 39.2 Å². The zero-order valence-corrected chi connectivity index (χ0v) is 14.2. The number of allylic oxidation sites excluding steroid dienone is 3. The van der Waals surface area contributed by atoms with Crippen LogP contribution in [0.1, 0.15) is 38.7 Å². The molecule has 1 saturated carbocycles. The summed E-state index contributed by atoms with van der Waals surface area (Å²) in [5.74, 6) is 1.58. The second-order valence-electron chi connectivity index (χ2n) is 6.34. The molecule has 0 heterocycles. The van der Waals surface area contributed by atoms with Crippen LogP contribution in [0, 0.1) is 11.8 Å². The van der Waals surface area contributed by atoms with Gasteiger partial charge in [0.1, 0.15) is 0 Å². The molecule has 0 aromatic heterocycles. The number of amides is 1. The molecule has 0 bridgehead atoms. The van der Waals surface area contributed by atoms with E-state index in [-0.39, 0.29) is 11.9 Å². The Labute approximate surface area is 138 Å². The molecule has 1 amide bonds. The molecule has 1 aromatic rings. The highest BCUT2D eigenvalue weighted by Crippen LogP contribution is 2.48. The van der Waals surface area contributed by atoms with Crippen molar-refractivity contribution in [3.8, 4) is 0 Å². The summed E-state index contributed by atoms with van der Waals surface area (Å²) < 4.78 is 0.